The number of rotatable bonds is 11. The second-order valence-corrected chi connectivity index (χ2v) is 10.5. The standard InChI is InChI=1S/C29H37N9O4/c1-34(2)11-8-10-30-26(39)23-13-19(16-36(23)4)32-28(41)25-15-21(18-38(25)6)33-29(42)24-14-20(17-37(24)5)31-27(40)22-9-7-12-35(22)3/h7,9,12-18H,8,10-11H2,1-6H3,(H,30,39)(H,31,40)(H,32,41)(H,33,42). The molecule has 4 aromatic rings. The lowest BCUT2D eigenvalue weighted by Crippen LogP contribution is -2.28. The van der Waals surface area contributed by atoms with Crippen LogP contribution in [0.15, 0.2) is 55.1 Å². The fourth-order valence-corrected chi connectivity index (χ4v) is 4.55. The average Bonchev–Trinajstić information content (AvgIpc) is 3.68. The molecule has 4 N–H and O–H groups in total. The number of nitrogens with one attached hydrogen (secondary N) is 4. The van der Waals surface area contributed by atoms with Gasteiger partial charge in [0, 0.05) is 59.5 Å². The van der Waals surface area contributed by atoms with Gasteiger partial charge >= 0.3 is 0 Å². The number of nitrogens with zero attached hydrogens (tertiary/aromatic N) is 5. The Morgan fingerprint density at radius 1 is 0.643 bits per heavy atom. The van der Waals surface area contributed by atoms with Gasteiger partial charge in [0.15, 0.2) is 0 Å². The number of anilines is 3. The van der Waals surface area contributed by atoms with Crippen LogP contribution in [-0.4, -0.2) is 74.0 Å². The van der Waals surface area contributed by atoms with E-state index < -0.39 is 11.8 Å². The third-order valence-corrected chi connectivity index (χ3v) is 6.73. The van der Waals surface area contributed by atoms with Crippen molar-refractivity contribution in [2.24, 2.45) is 28.2 Å². The van der Waals surface area contributed by atoms with E-state index >= 15 is 0 Å². The molecule has 222 valence electrons. The minimum Gasteiger partial charge on any atom is -0.351 e. The molecule has 42 heavy (non-hydrogen) atoms. The number of aromatic nitrogens is 4. The van der Waals surface area contributed by atoms with Crippen LogP contribution in [0.3, 0.4) is 0 Å². The molecule has 0 saturated carbocycles. The van der Waals surface area contributed by atoms with Crippen molar-refractivity contribution < 1.29 is 19.2 Å². The molecule has 4 heterocycles. The summed E-state index contributed by atoms with van der Waals surface area (Å²) in [6, 6.07) is 8.25. The van der Waals surface area contributed by atoms with Crippen LogP contribution in [0.4, 0.5) is 17.1 Å². The van der Waals surface area contributed by atoms with E-state index in [1.165, 1.54) is 0 Å². The highest BCUT2D eigenvalue weighted by atomic mass is 16.2. The zero-order valence-electron chi connectivity index (χ0n) is 24.7. The van der Waals surface area contributed by atoms with Crippen molar-refractivity contribution in [3.63, 3.8) is 0 Å². The van der Waals surface area contributed by atoms with Gasteiger partial charge in [0.2, 0.25) is 0 Å². The van der Waals surface area contributed by atoms with Gasteiger partial charge in [-0.1, -0.05) is 0 Å². The Labute approximate surface area is 244 Å². The Morgan fingerprint density at radius 3 is 1.48 bits per heavy atom. The molecule has 0 radical (unpaired) electrons. The van der Waals surface area contributed by atoms with Gasteiger partial charge in [-0.15, -0.1) is 0 Å². The van der Waals surface area contributed by atoms with Crippen LogP contribution in [0.5, 0.6) is 0 Å². The van der Waals surface area contributed by atoms with Crippen molar-refractivity contribution >= 4 is 40.7 Å². The number of carbonyl (C=O) groups is 4. The quantitative estimate of drug-likeness (QED) is 0.204. The summed E-state index contributed by atoms with van der Waals surface area (Å²) >= 11 is 0. The van der Waals surface area contributed by atoms with Crippen LogP contribution in [0, 0.1) is 0 Å². The Balaban J connectivity index is 1.37. The van der Waals surface area contributed by atoms with Gasteiger partial charge in [0.25, 0.3) is 23.6 Å². The highest BCUT2D eigenvalue weighted by molar-refractivity contribution is 6.08. The summed E-state index contributed by atoms with van der Waals surface area (Å²) in [7, 11) is 10.9. The highest BCUT2D eigenvalue weighted by Crippen LogP contribution is 2.20. The predicted molar refractivity (Wildman–Crippen MR) is 161 cm³/mol. The van der Waals surface area contributed by atoms with E-state index in [1.54, 1.807) is 102 Å². The summed E-state index contributed by atoms with van der Waals surface area (Å²) < 4.78 is 6.57. The van der Waals surface area contributed by atoms with Crippen molar-refractivity contribution in [1.29, 1.82) is 0 Å². The lowest BCUT2D eigenvalue weighted by molar-refractivity contribution is 0.0942. The molecule has 0 bridgehead atoms. The molecule has 0 atom stereocenters. The van der Waals surface area contributed by atoms with Gasteiger partial charge in [0.05, 0.1) is 17.1 Å². The van der Waals surface area contributed by atoms with Crippen LogP contribution in [0.2, 0.25) is 0 Å². The summed E-state index contributed by atoms with van der Waals surface area (Å²) in [5, 5.41) is 11.3. The number of hydrogen-bond acceptors (Lipinski definition) is 5. The van der Waals surface area contributed by atoms with Crippen molar-refractivity contribution in [1.82, 2.24) is 28.5 Å². The van der Waals surface area contributed by atoms with Gasteiger partial charge in [-0.2, -0.15) is 0 Å². The maximum atomic E-state index is 13.0. The van der Waals surface area contributed by atoms with Crippen molar-refractivity contribution in [3.05, 3.63) is 77.9 Å². The molecule has 4 aromatic heterocycles. The molecule has 0 unspecified atom stereocenters. The summed E-state index contributed by atoms with van der Waals surface area (Å²) in [4.78, 5) is 53.2. The number of hydrogen-bond donors (Lipinski definition) is 4. The molecule has 13 heteroatoms. The second-order valence-electron chi connectivity index (χ2n) is 10.5. The third-order valence-electron chi connectivity index (χ3n) is 6.73. The molecule has 0 spiro atoms. The van der Waals surface area contributed by atoms with Gasteiger partial charge in [-0.05, 0) is 57.4 Å². The van der Waals surface area contributed by atoms with E-state index in [0.29, 0.717) is 46.4 Å². The maximum absolute atomic E-state index is 13.0. The molecule has 4 rings (SSSR count). The van der Waals surface area contributed by atoms with Crippen LogP contribution < -0.4 is 21.3 Å². The zero-order valence-corrected chi connectivity index (χ0v) is 24.7. The second kappa shape index (κ2) is 12.6. The minimum atomic E-state index is -0.404. The molecule has 0 saturated heterocycles. The normalized spacial score (nSPS) is 11.0. The summed E-state index contributed by atoms with van der Waals surface area (Å²) in [5.41, 5.74) is 2.93. The lowest BCUT2D eigenvalue weighted by atomic mass is 10.3. The van der Waals surface area contributed by atoms with Gasteiger partial charge < -0.3 is 44.4 Å². The van der Waals surface area contributed by atoms with E-state index in [4.69, 9.17) is 0 Å². The molecule has 4 amide bonds. The molecule has 0 aromatic carbocycles. The third kappa shape index (κ3) is 6.99. The van der Waals surface area contributed by atoms with Gasteiger partial charge in [-0.25, -0.2) is 0 Å². The molecule has 13 nitrogen and oxygen atoms in total. The summed E-state index contributed by atoms with van der Waals surface area (Å²) in [5.74, 6) is -1.31. The maximum Gasteiger partial charge on any atom is 0.272 e. The van der Waals surface area contributed by atoms with E-state index in [1.807, 2.05) is 14.1 Å². The average molecular weight is 576 g/mol. The number of aryl methyl sites for hydroxylation is 4. The first-order chi connectivity index (χ1) is 19.9. The van der Waals surface area contributed by atoms with E-state index in [9.17, 15) is 19.2 Å². The highest BCUT2D eigenvalue weighted by Gasteiger charge is 2.19. The first-order valence-corrected chi connectivity index (χ1v) is 13.4. The lowest BCUT2D eigenvalue weighted by Gasteiger charge is -2.10. The number of amides is 4. The summed E-state index contributed by atoms with van der Waals surface area (Å²) in [6.07, 6.45) is 7.55. The smallest absolute Gasteiger partial charge is 0.272 e. The number of carbonyl (C=O) groups excluding carboxylic acids is 4. The van der Waals surface area contributed by atoms with E-state index in [0.717, 1.165) is 13.0 Å². The minimum absolute atomic E-state index is 0.219. The zero-order chi connectivity index (χ0) is 30.6. The fourth-order valence-electron chi connectivity index (χ4n) is 4.55. The van der Waals surface area contributed by atoms with Crippen LogP contribution in [0.25, 0.3) is 0 Å². The topological polar surface area (TPSA) is 139 Å². The largest absolute Gasteiger partial charge is 0.351 e. The van der Waals surface area contributed by atoms with Crippen LogP contribution in [-0.2, 0) is 28.2 Å². The van der Waals surface area contributed by atoms with E-state index in [2.05, 4.69) is 26.2 Å². The Bertz CT molecular complexity index is 1620. The fraction of sp³-hybridized carbons (Fsp3) is 0.310. The molecular weight excluding hydrogens is 538 g/mol. The Morgan fingerprint density at radius 2 is 1.07 bits per heavy atom. The van der Waals surface area contributed by atoms with Gasteiger partial charge in [-0.3, -0.25) is 19.2 Å². The first-order valence-electron chi connectivity index (χ1n) is 13.4. The molecule has 0 aliphatic rings. The van der Waals surface area contributed by atoms with Crippen molar-refractivity contribution in [2.45, 2.75) is 6.42 Å². The first kappa shape index (κ1) is 29.9. The Hall–Kier alpha value is -5.04. The van der Waals surface area contributed by atoms with Crippen LogP contribution >= 0.6 is 0 Å². The van der Waals surface area contributed by atoms with E-state index in [-0.39, 0.29) is 11.8 Å². The van der Waals surface area contributed by atoms with Crippen LogP contribution in [0.1, 0.15) is 48.4 Å². The van der Waals surface area contributed by atoms with Crippen molar-refractivity contribution in [2.75, 3.05) is 43.1 Å². The monoisotopic (exact) mass is 575 g/mol. The molecule has 0 fully saturated rings. The Kier molecular flexibility index (Phi) is 9.01. The molecule has 0 aliphatic carbocycles. The van der Waals surface area contributed by atoms with Gasteiger partial charge in [0.1, 0.15) is 22.8 Å². The van der Waals surface area contributed by atoms with Crippen molar-refractivity contribution in [3.8, 4) is 0 Å². The SMILES string of the molecule is CN(C)CCCNC(=O)c1cc(NC(=O)c2cc(NC(=O)c3cc(NC(=O)c4cccn4C)cn3C)cn2C)cn1C. The summed E-state index contributed by atoms with van der Waals surface area (Å²) in [6.45, 7) is 1.42. The predicted octanol–water partition coefficient (Wildman–Crippen LogP) is 2.48. The molecular formula is C29H37N9O4. The molecule has 0 aliphatic heterocycles.